The number of carbonyl (C=O) groups is 2. The molecule has 0 aliphatic carbocycles. The van der Waals surface area contributed by atoms with Gasteiger partial charge in [0, 0.05) is 18.7 Å². The van der Waals surface area contributed by atoms with E-state index in [-0.39, 0.29) is 24.0 Å². The number of hydrogen-bond acceptors (Lipinski definition) is 3. The maximum atomic E-state index is 13.0. The van der Waals surface area contributed by atoms with Gasteiger partial charge < -0.3 is 10.0 Å². The highest BCUT2D eigenvalue weighted by molar-refractivity contribution is 5.93. The second kappa shape index (κ2) is 7.68. The number of aliphatic carboxylic acids is 1. The Morgan fingerprint density at radius 1 is 1.21 bits per heavy atom. The molecule has 1 atom stereocenters. The molecule has 2 aromatic rings. The number of nitrogens with zero attached hydrogens (tertiary/aromatic N) is 2. The van der Waals surface area contributed by atoms with Crippen LogP contribution in [-0.4, -0.2) is 40.0 Å². The van der Waals surface area contributed by atoms with E-state index in [1.54, 1.807) is 44.2 Å². The molecule has 1 aromatic heterocycles. The smallest absolute Gasteiger partial charge is 0.308 e. The molecule has 5 nitrogen and oxygen atoms in total. The van der Waals surface area contributed by atoms with Gasteiger partial charge in [0.15, 0.2) is 0 Å². The molecular formula is C18H19FN2O3. The number of halogens is 1. The third-order valence-corrected chi connectivity index (χ3v) is 3.69. The Morgan fingerprint density at radius 3 is 2.46 bits per heavy atom. The molecule has 1 amide bonds. The molecule has 2 rings (SSSR count). The second-order valence-corrected chi connectivity index (χ2v) is 5.50. The van der Waals surface area contributed by atoms with Crippen molar-refractivity contribution in [2.45, 2.75) is 13.8 Å². The van der Waals surface area contributed by atoms with Crippen LogP contribution in [0.25, 0.3) is 11.3 Å². The number of aromatic nitrogens is 1. The van der Waals surface area contributed by atoms with Crippen LogP contribution in [0, 0.1) is 11.7 Å². The van der Waals surface area contributed by atoms with Crippen LogP contribution in [0.2, 0.25) is 0 Å². The Morgan fingerprint density at radius 2 is 1.88 bits per heavy atom. The van der Waals surface area contributed by atoms with Gasteiger partial charge in [-0.3, -0.25) is 9.59 Å². The van der Waals surface area contributed by atoms with Gasteiger partial charge >= 0.3 is 5.97 Å². The van der Waals surface area contributed by atoms with E-state index < -0.39 is 11.9 Å². The van der Waals surface area contributed by atoms with Crippen molar-refractivity contribution in [3.8, 4) is 11.3 Å². The lowest BCUT2D eigenvalue weighted by atomic mass is 10.1. The van der Waals surface area contributed by atoms with E-state index in [1.807, 2.05) is 0 Å². The standard InChI is InChI=1S/C18H19FN2O3/c1-3-21(11-12(2)18(23)24)17(22)16-6-4-5-15(20-16)13-7-9-14(19)10-8-13/h4-10,12H,3,11H2,1-2H3,(H,23,24). The average molecular weight is 330 g/mol. The number of amides is 1. The molecule has 0 fully saturated rings. The molecule has 0 aliphatic rings. The van der Waals surface area contributed by atoms with Crippen molar-refractivity contribution in [1.29, 1.82) is 0 Å². The Hall–Kier alpha value is -2.76. The SMILES string of the molecule is CCN(CC(C)C(=O)O)C(=O)c1cccc(-c2ccc(F)cc2)n1. The molecular weight excluding hydrogens is 311 g/mol. The van der Waals surface area contributed by atoms with Crippen LogP contribution < -0.4 is 0 Å². The molecule has 24 heavy (non-hydrogen) atoms. The fourth-order valence-corrected chi connectivity index (χ4v) is 2.26. The zero-order chi connectivity index (χ0) is 17.7. The van der Waals surface area contributed by atoms with Gasteiger partial charge in [0.05, 0.1) is 11.6 Å². The molecule has 0 saturated heterocycles. The van der Waals surface area contributed by atoms with Crippen molar-refractivity contribution in [2.75, 3.05) is 13.1 Å². The van der Waals surface area contributed by atoms with Crippen molar-refractivity contribution in [3.63, 3.8) is 0 Å². The highest BCUT2D eigenvalue weighted by Gasteiger charge is 2.21. The lowest BCUT2D eigenvalue weighted by Gasteiger charge is -2.22. The summed E-state index contributed by atoms with van der Waals surface area (Å²) in [6.45, 7) is 3.85. The summed E-state index contributed by atoms with van der Waals surface area (Å²) in [5.74, 6) is -2.27. The minimum atomic E-state index is -0.950. The van der Waals surface area contributed by atoms with E-state index in [9.17, 15) is 14.0 Å². The lowest BCUT2D eigenvalue weighted by Crippen LogP contribution is -2.37. The summed E-state index contributed by atoms with van der Waals surface area (Å²) in [5.41, 5.74) is 1.49. The third kappa shape index (κ3) is 4.16. The highest BCUT2D eigenvalue weighted by Crippen LogP contribution is 2.18. The number of carbonyl (C=O) groups excluding carboxylic acids is 1. The van der Waals surface area contributed by atoms with E-state index in [0.29, 0.717) is 17.8 Å². The normalized spacial score (nSPS) is 11.8. The number of carboxylic acid groups (broad SMARTS) is 1. The van der Waals surface area contributed by atoms with Gasteiger partial charge in [-0.15, -0.1) is 0 Å². The van der Waals surface area contributed by atoms with Crippen LogP contribution in [0.15, 0.2) is 42.5 Å². The fraction of sp³-hybridized carbons (Fsp3) is 0.278. The van der Waals surface area contributed by atoms with Crippen LogP contribution in [0.3, 0.4) is 0 Å². The average Bonchev–Trinajstić information content (AvgIpc) is 2.59. The van der Waals surface area contributed by atoms with Crippen LogP contribution in [0.4, 0.5) is 4.39 Å². The van der Waals surface area contributed by atoms with Crippen LogP contribution >= 0.6 is 0 Å². The predicted octanol–water partition coefficient (Wildman–Crippen LogP) is 3.07. The molecule has 1 aromatic carbocycles. The van der Waals surface area contributed by atoms with Crippen LogP contribution in [-0.2, 0) is 4.79 Å². The Labute approximate surface area is 139 Å². The minimum absolute atomic E-state index is 0.118. The van der Waals surface area contributed by atoms with Gasteiger partial charge in [0.2, 0.25) is 0 Å². The Balaban J connectivity index is 2.24. The molecule has 1 unspecified atom stereocenters. The second-order valence-electron chi connectivity index (χ2n) is 5.50. The van der Waals surface area contributed by atoms with Crippen LogP contribution in [0.1, 0.15) is 24.3 Å². The van der Waals surface area contributed by atoms with E-state index in [2.05, 4.69) is 4.98 Å². The molecule has 1 N–H and O–H groups in total. The summed E-state index contributed by atoms with van der Waals surface area (Å²) in [6, 6.07) is 10.9. The number of benzene rings is 1. The fourth-order valence-electron chi connectivity index (χ4n) is 2.26. The van der Waals surface area contributed by atoms with E-state index in [4.69, 9.17) is 5.11 Å². The first kappa shape index (κ1) is 17.6. The minimum Gasteiger partial charge on any atom is -0.481 e. The van der Waals surface area contributed by atoms with E-state index in [0.717, 1.165) is 0 Å². The molecule has 1 heterocycles. The van der Waals surface area contributed by atoms with Crippen LogP contribution in [0.5, 0.6) is 0 Å². The number of carboxylic acids is 1. The van der Waals surface area contributed by atoms with Gasteiger partial charge in [-0.25, -0.2) is 9.37 Å². The van der Waals surface area contributed by atoms with Gasteiger partial charge in [-0.05, 0) is 43.3 Å². The summed E-state index contributed by atoms with van der Waals surface area (Å²) in [7, 11) is 0. The predicted molar refractivity (Wildman–Crippen MR) is 88.0 cm³/mol. The first-order valence-corrected chi connectivity index (χ1v) is 7.67. The van der Waals surface area contributed by atoms with E-state index >= 15 is 0 Å². The summed E-state index contributed by atoms with van der Waals surface area (Å²) in [6.07, 6.45) is 0. The summed E-state index contributed by atoms with van der Waals surface area (Å²) < 4.78 is 13.0. The van der Waals surface area contributed by atoms with Crippen molar-refractivity contribution >= 4 is 11.9 Å². The van der Waals surface area contributed by atoms with Crippen molar-refractivity contribution in [2.24, 2.45) is 5.92 Å². The topological polar surface area (TPSA) is 70.5 Å². The highest BCUT2D eigenvalue weighted by atomic mass is 19.1. The zero-order valence-electron chi connectivity index (χ0n) is 13.6. The van der Waals surface area contributed by atoms with Gasteiger partial charge in [0.25, 0.3) is 5.91 Å². The Bertz CT molecular complexity index is 731. The summed E-state index contributed by atoms with van der Waals surface area (Å²) in [5, 5.41) is 9.01. The van der Waals surface area contributed by atoms with Crippen molar-refractivity contribution in [3.05, 3.63) is 54.0 Å². The maximum absolute atomic E-state index is 13.0. The molecule has 0 aliphatic heterocycles. The van der Waals surface area contributed by atoms with Crippen molar-refractivity contribution < 1.29 is 19.1 Å². The summed E-state index contributed by atoms with van der Waals surface area (Å²) >= 11 is 0. The quantitative estimate of drug-likeness (QED) is 0.883. The monoisotopic (exact) mass is 330 g/mol. The number of hydrogen-bond donors (Lipinski definition) is 1. The molecule has 0 saturated carbocycles. The number of rotatable bonds is 6. The van der Waals surface area contributed by atoms with Gasteiger partial charge in [-0.2, -0.15) is 0 Å². The maximum Gasteiger partial charge on any atom is 0.308 e. The first-order chi connectivity index (χ1) is 11.4. The molecule has 0 radical (unpaired) electrons. The molecule has 0 bridgehead atoms. The Kier molecular flexibility index (Phi) is 5.63. The molecule has 6 heteroatoms. The van der Waals surface area contributed by atoms with Gasteiger partial charge in [-0.1, -0.05) is 13.0 Å². The number of pyridine rings is 1. The largest absolute Gasteiger partial charge is 0.481 e. The van der Waals surface area contributed by atoms with Crippen molar-refractivity contribution in [1.82, 2.24) is 9.88 Å². The lowest BCUT2D eigenvalue weighted by molar-refractivity contribution is -0.141. The zero-order valence-corrected chi connectivity index (χ0v) is 13.6. The van der Waals surface area contributed by atoms with E-state index in [1.165, 1.54) is 17.0 Å². The third-order valence-electron chi connectivity index (χ3n) is 3.69. The first-order valence-electron chi connectivity index (χ1n) is 7.67. The molecule has 0 spiro atoms. The summed E-state index contributed by atoms with van der Waals surface area (Å²) in [4.78, 5) is 29.4. The molecule has 126 valence electrons. The van der Waals surface area contributed by atoms with Gasteiger partial charge in [0.1, 0.15) is 11.5 Å².